The van der Waals surface area contributed by atoms with Crippen LogP contribution in [-0.2, 0) is 22.6 Å². The Hall–Kier alpha value is -2.14. The summed E-state index contributed by atoms with van der Waals surface area (Å²) in [5.41, 5.74) is 4.48. The molecule has 5 heteroatoms. The molecule has 2 heterocycles. The zero-order valence-electron chi connectivity index (χ0n) is 14.7. The summed E-state index contributed by atoms with van der Waals surface area (Å²) in [6.45, 7) is 3.83. The summed E-state index contributed by atoms with van der Waals surface area (Å²) in [5.74, 6) is -0.104. The molecule has 4 rings (SSSR count). The fourth-order valence-electron chi connectivity index (χ4n) is 3.82. The first-order chi connectivity index (χ1) is 12.5. The number of halogens is 1. The minimum Gasteiger partial charge on any atom is -0.338 e. The smallest absolute Gasteiger partial charge is 0.232 e. The quantitative estimate of drug-likeness (QED) is 0.770. The molecule has 0 radical (unpaired) electrons. The van der Waals surface area contributed by atoms with Crippen molar-refractivity contribution in [2.75, 3.05) is 18.0 Å². The Balaban J connectivity index is 1.46. The molecule has 134 valence electrons. The molecular formula is C21H21BrN2O2. The van der Waals surface area contributed by atoms with E-state index in [4.69, 9.17) is 0 Å². The van der Waals surface area contributed by atoms with Gasteiger partial charge in [0.25, 0.3) is 0 Å². The van der Waals surface area contributed by atoms with Gasteiger partial charge in [-0.25, -0.2) is 0 Å². The molecule has 4 nitrogen and oxygen atoms in total. The minimum absolute atomic E-state index is 0.0687. The molecule has 0 N–H and O–H groups in total. The molecule has 0 bridgehead atoms. The van der Waals surface area contributed by atoms with Crippen molar-refractivity contribution in [3.63, 3.8) is 0 Å². The summed E-state index contributed by atoms with van der Waals surface area (Å²) >= 11 is 3.49. The van der Waals surface area contributed by atoms with Crippen LogP contribution in [-0.4, -0.2) is 29.8 Å². The number of rotatable bonds is 3. The van der Waals surface area contributed by atoms with E-state index < -0.39 is 0 Å². The molecule has 2 aromatic carbocycles. The van der Waals surface area contributed by atoms with E-state index in [0.29, 0.717) is 26.1 Å². The molecule has 1 unspecified atom stereocenters. The van der Waals surface area contributed by atoms with Gasteiger partial charge in [-0.15, -0.1) is 0 Å². The Bertz CT molecular complexity index is 863. The maximum atomic E-state index is 13.0. The highest BCUT2D eigenvalue weighted by atomic mass is 79.9. The maximum absolute atomic E-state index is 13.0. The summed E-state index contributed by atoms with van der Waals surface area (Å²) in [7, 11) is 0. The van der Waals surface area contributed by atoms with Gasteiger partial charge in [-0.2, -0.15) is 0 Å². The van der Waals surface area contributed by atoms with E-state index in [1.54, 1.807) is 0 Å². The second-order valence-corrected chi connectivity index (χ2v) is 8.09. The second kappa shape index (κ2) is 6.88. The molecule has 0 spiro atoms. The van der Waals surface area contributed by atoms with Crippen LogP contribution in [0.2, 0.25) is 0 Å². The predicted molar refractivity (Wildman–Crippen MR) is 105 cm³/mol. The van der Waals surface area contributed by atoms with Crippen molar-refractivity contribution in [3.05, 3.63) is 63.6 Å². The Morgan fingerprint density at radius 3 is 2.73 bits per heavy atom. The highest BCUT2D eigenvalue weighted by Crippen LogP contribution is 2.33. The first-order valence-corrected chi connectivity index (χ1v) is 9.73. The number of carbonyl (C=O) groups excluding carboxylic acids is 2. The average Bonchev–Trinajstić information content (AvgIpc) is 3.20. The van der Waals surface area contributed by atoms with Gasteiger partial charge in [-0.1, -0.05) is 45.8 Å². The van der Waals surface area contributed by atoms with Crippen molar-refractivity contribution < 1.29 is 9.59 Å². The minimum atomic E-state index is -0.248. The molecule has 0 saturated carbocycles. The molecule has 2 aliphatic heterocycles. The lowest BCUT2D eigenvalue weighted by atomic mass is 10.1. The zero-order chi connectivity index (χ0) is 18.3. The van der Waals surface area contributed by atoms with Crippen LogP contribution in [0, 0.1) is 12.8 Å². The summed E-state index contributed by atoms with van der Waals surface area (Å²) in [4.78, 5) is 29.1. The highest BCUT2D eigenvalue weighted by Gasteiger charge is 2.38. The van der Waals surface area contributed by atoms with Crippen LogP contribution < -0.4 is 4.90 Å². The molecule has 1 fully saturated rings. The van der Waals surface area contributed by atoms with Crippen LogP contribution >= 0.6 is 15.9 Å². The Labute approximate surface area is 161 Å². The van der Waals surface area contributed by atoms with Gasteiger partial charge in [0.05, 0.1) is 5.92 Å². The molecular weight excluding hydrogens is 392 g/mol. The largest absolute Gasteiger partial charge is 0.338 e. The van der Waals surface area contributed by atoms with Crippen LogP contribution in [0.1, 0.15) is 23.1 Å². The van der Waals surface area contributed by atoms with Gasteiger partial charge >= 0.3 is 0 Å². The molecule has 2 aliphatic rings. The Morgan fingerprint density at radius 1 is 1.19 bits per heavy atom. The SMILES string of the molecule is Cc1ccc(CN2CC(C(=O)N3CCc4cc(Br)ccc43)CC2=O)cc1. The van der Waals surface area contributed by atoms with Gasteiger partial charge in [0.1, 0.15) is 0 Å². The Morgan fingerprint density at radius 2 is 1.96 bits per heavy atom. The number of anilines is 1. The summed E-state index contributed by atoms with van der Waals surface area (Å²) < 4.78 is 1.03. The lowest BCUT2D eigenvalue weighted by Crippen LogP contribution is -2.36. The third-order valence-electron chi connectivity index (χ3n) is 5.26. The summed E-state index contributed by atoms with van der Waals surface area (Å²) in [5, 5.41) is 0. The van der Waals surface area contributed by atoms with E-state index in [-0.39, 0.29) is 17.7 Å². The van der Waals surface area contributed by atoms with E-state index in [1.165, 1.54) is 11.1 Å². The molecule has 0 aliphatic carbocycles. The number of nitrogens with zero attached hydrogens (tertiary/aromatic N) is 2. The highest BCUT2D eigenvalue weighted by molar-refractivity contribution is 9.10. The fraction of sp³-hybridized carbons (Fsp3) is 0.333. The topological polar surface area (TPSA) is 40.6 Å². The van der Waals surface area contributed by atoms with E-state index >= 15 is 0 Å². The van der Waals surface area contributed by atoms with Gasteiger partial charge in [0.15, 0.2) is 0 Å². The van der Waals surface area contributed by atoms with E-state index in [2.05, 4.69) is 34.1 Å². The number of hydrogen-bond acceptors (Lipinski definition) is 2. The van der Waals surface area contributed by atoms with Crippen molar-refractivity contribution in [3.8, 4) is 0 Å². The zero-order valence-corrected chi connectivity index (χ0v) is 16.3. The average molecular weight is 413 g/mol. The van der Waals surface area contributed by atoms with E-state index in [1.807, 2.05) is 41.0 Å². The monoisotopic (exact) mass is 412 g/mol. The normalized spacial score (nSPS) is 19.2. The van der Waals surface area contributed by atoms with Crippen molar-refractivity contribution in [1.29, 1.82) is 0 Å². The third kappa shape index (κ3) is 3.28. The second-order valence-electron chi connectivity index (χ2n) is 7.17. The molecule has 1 atom stereocenters. The number of fused-ring (bicyclic) bond motifs is 1. The van der Waals surface area contributed by atoms with Crippen LogP contribution in [0.4, 0.5) is 5.69 Å². The number of aryl methyl sites for hydroxylation is 1. The van der Waals surface area contributed by atoms with Crippen molar-refractivity contribution in [2.45, 2.75) is 26.3 Å². The molecule has 2 amide bonds. The van der Waals surface area contributed by atoms with E-state index in [0.717, 1.165) is 22.1 Å². The number of carbonyl (C=O) groups is 2. The molecule has 1 saturated heterocycles. The van der Waals surface area contributed by atoms with Crippen LogP contribution in [0.3, 0.4) is 0 Å². The number of benzene rings is 2. The fourth-order valence-corrected chi connectivity index (χ4v) is 4.23. The summed E-state index contributed by atoms with van der Waals surface area (Å²) in [6, 6.07) is 14.2. The van der Waals surface area contributed by atoms with E-state index in [9.17, 15) is 9.59 Å². The van der Waals surface area contributed by atoms with Gasteiger partial charge < -0.3 is 9.80 Å². The van der Waals surface area contributed by atoms with Crippen LogP contribution in [0.15, 0.2) is 46.9 Å². The first-order valence-electron chi connectivity index (χ1n) is 8.94. The van der Waals surface area contributed by atoms with Gasteiger partial charge in [-0.05, 0) is 42.7 Å². The first kappa shape index (κ1) is 17.3. The van der Waals surface area contributed by atoms with Gasteiger partial charge in [0.2, 0.25) is 11.8 Å². The Kier molecular flexibility index (Phi) is 4.57. The third-order valence-corrected chi connectivity index (χ3v) is 5.75. The van der Waals surface area contributed by atoms with Crippen molar-refractivity contribution >= 4 is 33.4 Å². The predicted octanol–water partition coefficient (Wildman–Crippen LogP) is 3.70. The van der Waals surface area contributed by atoms with Crippen molar-refractivity contribution in [1.82, 2.24) is 4.90 Å². The van der Waals surface area contributed by atoms with Gasteiger partial charge in [-0.3, -0.25) is 9.59 Å². The molecule has 2 aromatic rings. The molecule has 26 heavy (non-hydrogen) atoms. The standard InChI is InChI=1S/C21H21BrN2O2/c1-14-2-4-15(5-3-14)12-23-13-17(11-20(23)25)21(26)24-9-8-16-10-18(22)6-7-19(16)24/h2-7,10,17H,8-9,11-13H2,1H3. The van der Waals surface area contributed by atoms with Crippen LogP contribution in [0.5, 0.6) is 0 Å². The summed E-state index contributed by atoms with van der Waals surface area (Å²) in [6.07, 6.45) is 1.18. The number of hydrogen-bond donors (Lipinski definition) is 0. The molecule has 0 aromatic heterocycles. The number of likely N-dealkylation sites (tertiary alicyclic amines) is 1. The van der Waals surface area contributed by atoms with Crippen molar-refractivity contribution in [2.24, 2.45) is 5.92 Å². The number of amides is 2. The lowest BCUT2D eigenvalue weighted by molar-refractivity contribution is -0.128. The lowest BCUT2D eigenvalue weighted by Gasteiger charge is -2.22. The maximum Gasteiger partial charge on any atom is 0.232 e. The van der Waals surface area contributed by atoms with Gasteiger partial charge in [0, 0.05) is 36.2 Å². The van der Waals surface area contributed by atoms with Crippen LogP contribution in [0.25, 0.3) is 0 Å².